The van der Waals surface area contributed by atoms with E-state index in [0.717, 1.165) is 13.2 Å². The Balaban J connectivity index is 1.65. The molecule has 0 spiro atoms. The van der Waals surface area contributed by atoms with E-state index in [0.29, 0.717) is 11.2 Å². The van der Waals surface area contributed by atoms with Gasteiger partial charge in [-0.15, -0.1) is 11.8 Å². The van der Waals surface area contributed by atoms with Crippen LogP contribution in [0.3, 0.4) is 0 Å². The van der Waals surface area contributed by atoms with Gasteiger partial charge in [-0.25, -0.2) is 0 Å². The summed E-state index contributed by atoms with van der Waals surface area (Å²) in [5.41, 5.74) is 0. The second-order valence-electron chi connectivity index (χ2n) is 4.67. The summed E-state index contributed by atoms with van der Waals surface area (Å²) in [7, 11) is 0. The lowest BCUT2D eigenvalue weighted by atomic mass is 10.1. The van der Waals surface area contributed by atoms with E-state index in [1.165, 1.54) is 24.2 Å². The molecule has 0 aromatic heterocycles. The van der Waals surface area contributed by atoms with Crippen molar-refractivity contribution >= 4 is 11.8 Å². The number of ether oxygens (including phenoxy) is 2. The van der Waals surface area contributed by atoms with Gasteiger partial charge in [-0.1, -0.05) is 24.6 Å². The first-order valence-corrected chi connectivity index (χ1v) is 7.26. The molecule has 1 aliphatic heterocycles. The lowest BCUT2D eigenvalue weighted by Gasteiger charge is -2.23. The Kier molecular flexibility index (Phi) is 3.69. The van der Waals surface area contributed by atoms with Crippen molar-refractivity contribution in [3.05, 3.63) is 30.3 Å². The van der Waals surface area contributed by atoms with Crippen molar-refractivity contribution in [2.75, 3.05) is 13.2 Å². The van der Waals surface area contributed by atoms with Gasteiger partial charge in [0.1, 0.15) is 0 Å². The van der Waals surface area contributed by atoms with Gasteiger partial charge in [-0.05, 0) is 25.0 Å². The van der Waals surface area contributed by atoms with E-state index in [1.807, 2.05) is 11.8 Å². The van der Waals surface area contributed by atoms with Gasteiger partial charge in [-0.3, -0.25) is 0 Å². The Hall–Kier alpha value is -0.510. The van der Waals surface area contributed by atoms with Crippen LogP contribution in [0.5, 0.6) is 0 Å². The molecule has 1 saturated heterocycles. The zero-order valence-electron chi connectivity index (χ0n) is 9.88. The van der Waals surface area contributed by atoms with Crippen molar-refractivity contribution in [2.45, 2.75) is 35.7 Å². The molecule has 0 amide bonds. The van der Waals surface area contributed by atoms with Crippen LogP contribution in [0, 0.1) is 5.92 Å². The van der Waals surface area contributed by atoms with Gasteiger partial charge < -0.3 is 9.47 Å². The fourth-order valence-electron chi connectivity index (χ4n) is 2.71. The van der Waals surface area contributed by atoms with E-state index in [-0.39, 0.29) is 6.29 Å². The molecule has 1 heterocycles. The molecule has 0 N–H and O–H groups in total. The Morgan fingerprint density at radius 1 is 1.00 bits per heavy atom. The van der Waals surface area contributed by atoms with E-state index < -0.39 is 0 Å². The number of rotatable bonds is 3. The number of hydrogen-bond acceptors (Lipinski definition) is 3. The standard InChI is InChI=1S/C14H18O2S/c1-2-5-11(6-3-1)17-13-8-4-7-12(13)14-15-9-10-16-14/h1-3,5-6,12-14H,4,7-10H2. The first-order chi connectivity index (χ1) is 8.43. The van der Waals surface area contributed by atoms with Crippen molar-refractivity contribution < 1.29 is 9.47 Å². The van der Waals surface area contributed by atoms with E-state index in [4.69, 9.17) is 9.47 Å². The van der Waals surface area contributed by atoms with Gasteiger partial charge in [0.2, 0.25) is 0 Å². The van der Waals surface area contributed by atoms with Crippen LogP contribution in [0.2, 0.25) is 0 Å². The minimum absolute atomic E-state index is 0.0544. The lowest BCUT2D eigenvalue weighted by Crippen LogP contribution is -2.26. The van der Waals surface area contributed by atoms with Gasteiger partial charge in [0, 0.05) is 16.1 Å². The molecule has 2 aliphatic rings. The lowest BCUT2D eigenvalue weighted by molar-refractivity contribution is -0.0798. The number of benzene rings is 1. The maximum Gasteiger partial charge on any atom is 0.161 e. The minimum Gasteiger partial charge on any atom is -0.350 e. The molecule has 2 atom stereocenters. The van der Waals surface area contributed by atoms with Gasteiger partial charge in [0.05, 0.1) is 13.2 Å². The maximum atomic E-state index is 5.67. The Morgan fingerprint density at radius 3 is 2.53 bits per heavy atom. The van der Waals surface area contributed by atoms with Crippen LogP contribution in [0.4, 0.5) is 0 Å². The Morgan fingerprint density at radius 2 is 1.76 bits per heavy atom. The quantitative estimate of drug-likeness (QED) is 0.820. The molecule has 0 bridgehead atoms. The zero-order valence-corrected chi connectivity index (χ0v) is 10.7. The summed E-state index contributed by atoms with van der Waals surface area (Å²) in [5, 5.41) is 0.653. The molecule has 1 aromatic rings. The van der Waals surface area contributed by atoms with Crippen molar-refractivity contribution in [1.82, 2.24) is 0 Å². The van der Waals surface area contributed by atoms with Gasteiger partial charge in [-0.2, -0.15) is 0 Å². The summed E-state index contributed by atoms with van der Waals surface area (Å²) < 4.78 is 11.3. The predicted molar refractivity (Wildman–Crippen MR) is 69.1 cm³/mol. The van der Waals surface area contributed by atoms with Gasteiger partial charge >= 0.3 is 0 Å². The minimum atomic E-state index is 0.0544. The number of hydrogen-bond donors (Lipinski definition) is 0. The molecule has 17 heavy (non-hydrogen) atoms. The van der Waals surface area contributed by atoms with Crippen LogP contribution in [0.15, 0.2) is 35.2 Å². The second-order valence-corrected chi connectivity index (χ2v) is 5.99. The topological polar surface area (TPSA) is 18.5 Å². The first-order valence-electron chi connectivity index (χ1n) is 6.38. The van der Waals surface area contributed by atoms with Crippen LogP contribution in [-0.4, -0.2) is 24.8 Å². The molecular formula is C14H18O2S. The van der Waals surface area contributed by atoms with E-state index >= 15 is 0 Å². The average molecular weight is 250 g/mol. The molecule has 1 aromatic carbocycles. The molecule has 0 radical (unpaired) electrons. The largest absolute Gasteiger partial charge is 0.350 e. The molecule has 2 fully saturated rings. The highest BCUT2D eigenvalue weighted by Gasteiger charge is 2.37. The van der Waals surface area contributed by atoms with Crippen LogP contribution < -0.4 is 0 Å². The molecule has 1 saturated carbocycles. The summed E-state index contributed by atoms with van der Waals surface area (Å²) in [6.45, 7) is 1.54. The molecule has 3 heteroatoms. The average Bonchev–Trinajstić information content (AvgIpc) is 3.00. The molecular weight excluding hydrogens is 232 g/mol. The Labute approximate surface area is 107 Å². The van der Waals surface area contributed by atoms with E-state index in [1.54, 1.807) is 0 Å². The second kappa shape index (κ2) is 5.42. The Bertz CT molecular complexity index is 348. The van der Waals surface area contributed by atoms with Crippen molar-refractivity contribution in [3.63, 3.8) is 0 Å². The van der Waals surface area contributed by atoms with Crippen LogP contribution in [0.25, 0.3) is 0 Å². The van der Waals surface area contributed by atoms with Crippen molar-refractivity contribution in [2.24, 2.45) is 5.92 Å². The third-order valence-corrected chi connectivity index (χ3v) is 4.96. The number of thioether (sulfide) groups is 1. The smallest absolute Gasteiger partial charge is 0.161 e. The highest BCUT2D eigenvalue weighted by atomic mass is 32.2. The third-order valence-electron chi connectivity index (χ3n) is 3.53. The van der Waals surface area contributed by atoms with E-state index in [9.17, 15) is 0 Å². The SMILES string of the molecule is c1ccc(SC2CCCC2C2OCCO2)cc1. The van der Waals surface area contributed by atoms with Crippen molar-refractivity contribution in [3.8, 4) is 0 Å². The summed E-state index contributed by atoms with van der Waals surface area (Å²) in [6.07, 6.45) is 3.89. The molecule has 1 aliphatic carbocycles. The molecule has 92 valence electrons. The van der Waals surface area contributed by atoms with Crippen LogP contribution in [0.1, 0.15) is 19.3 Å². The maximum absolute atomic E-state index is 5.67. The summed E-state index contributed by atoms with van der Waals surface area (Å²) >= 11 is 1.99. The van der Waals surface area contributed by atoms with Crippen LogP contribution in [-0.2, 0) is 9.47 Å². The normalized spacial score (nSPS) is 29.9. The van der Waals surface area contributed by atoms with Crippen LogP contribution >= 0.6 is 11.8 Å². The summed E-state index contributed by atoms with van der Waals surface area (Å²) in [6, 6.07) is 10.7. The monoisotopic (exact) mass is 250 g/mol. The molecule has 2 nitrogen and oxygen atoms in total. The summed E-state index contributed by atoms with van der Waals surface area (Å²) in [5.74, 6) is 0.572. The summed E-state index contributed by atoms with van der Waals surface area (Å²) in [4.78, 5) is 1.36. The molecule has 3 rings (SSSR count). The zero-order chi connectivity index (χ0) is 11.5. The van der Waals surface area contributed by atoms with Gasteiger partial charge in [0.25, 0.3) is 0 Å². The highest BCUT2D eigenvalue weighted by molar-refractivity contribution is 8.00. The highest BCUT2D eigenvalue weighted by Crippen LogP contribution is 2.42. The fourth-order valence-corrected chi connectivity index (χ4v) is 4.10. The first kappa shape index (κ1) is 11.6. The van der Waals surface area contributed by atoms with E-state index in [2.05, 4.69) is 30.3 Å². The third kappa shape index (κ3) is 2.67. The fraction of sp³-hybridized carbons (Fsp3) is 0.571. The van der Waals surface area contributed by atoms with Crippen molar-refractivity contribution in [1.29, 1.82) is 0 Å². The van der Waals surface area contributed by atoms with Gasteiger partial charge in [0.15, 0.2) is 6.29 Å². The predicted octanol–water partition coefficient (Wildman–Crippen LogP) is 3.32. The molecule has 2 unspecified atom stereocenters.